The van der Waals surface area contributed by atoms with E-state index in [1.54, 1.807) is 6.07 Å². The summed E-state index contributed by atoms with van der Waals surface area (Å²) in [5, 5.41) is 27.2. The number of carboxylic acids is 1. The van der Waals surface area contributed by atoms with Gasteiger partial charge in [-0.1, -0.05) is 32.9 Å². The lowest BCUT2D eigenvalue weighted by Gasteiger charge is -2.20. The predicted molar refractivity (Wildman–Crippen MR) is 61.9 cm³/mol. The maximum atomic E-state index is 10.9. The molecule has 0 atom stereocenters. The molecule has 0 saturated heterocycles. The van der Waals surface area contributed by atoms with E-state index >= 15 is 0 Å². The van der Waals surface area contributed by atoms with Crippen LogP contribution in [-0.2, 0) is 5.41 Å². The van der Waals surface area contributed by atoms with Crippen molar-refractivity contribution in [2.45, 2.75) is 26.2 Å². The van der Waals surface area contributed by atoms with Gasteiger partial charge in [-0.05, 0) is 22.5 Å². The first-order valence-corrected chi connectivity index (χ1v) is 4.97. The molecule has 0 radical (unpaired) electrons. The molecule has 0 fully saturated rings. The third-order valence-electron chi connectivity index (χ3n) is 2.43. The fourth-order valence-corrected chi connectivity index (χ4v) is 1.44. The van der Waals surface area contributed by atoms with E-state index in [9.17, 15) is 4.79 Å². The molecule has 16 heavy (non-hydrogen) atoms. The minimum atomic E-state index is -1.77. The molecule has 3 N–H and O–H groups in total. The zero-order valence-electron chi connectivity index (χ0n) is 9.56. The summed E-state index contributed by atoms with van der Waals surface area (Å²) in [5.41, 5.74) is 0.643. The molecular weight excluding hydrogens is 207 g/mol. The maximum Gasteiger partial charge on any atom is 0.489 e. The molecule has 0 aliphatic carbocycles. The molecule has 4 nitrogen and oxygen atoms in total. The number of hydrogen-bond donors (Lipinski definition) is 3. The van der Waals surface area contributed by atoms with Crippen LogP contribution in [0.2, 0.25) is 0 Å². The summed E-state index contributed by atoms with van der Waals surface area (Å²) in [6.07, 6.45) is 0. The number of aromatic carboxylic acids is 1. The van der Waals surface area contributed by atoms with Gasteiger partial charge in [-0.25, -0.2) is 4.79 Å². The van der Waals surface area contributed by atoms with Gasteiger partial charge in [-0.2, -0.15) is 0 Å². The monoisotopic (exact) mass is 222 g/mol. The number of hydrogen-bond acceptors (Lipinski definition) is 3. The van der Waals surface area contributed by atoms with E-state index in [4.69, 9.17) is 15.2 Å². The average molecular weight is 222 g/mol. The van der Waals surface area contributed by atoms with Crippen molar-refractivity contribution in [3.63, 3.8) is 0 Å². The van der Waals surface area contributed by atoms with Crippen LogP contribution in [0.1, 0.15) is 36.7 Å². The lowest BCUT2D eigenvalue weighted by atomic mass is 9.73. The summed E-state index contributed by atoms with van der Waals surface area (Å²) in [4.78, 5) is 10.9. The molecule has 0 unspecified atom stereocenters. The summed E-state index contributed by atoms with van der Waals surface area (Å²) in [6.45, 7) is 5.91. The molecule has 0 aromatic heterocycles. The van der Waals surface area contributed by atoms with Crippen LogP contribution in [0.25, 0.3) is 0 Å². The number of benzene rings is 1. The molecule has 0 spiro atoms. The molecule has 86 valence electrons. The Bertz CT molecular complexity index is 407. The van der Waals surface area contributed by atoms with Crippen LogP contribution in [-0.4, -0.2) is 28.2 Å². The number of rotatable bonds is 2. The minimum Gasteiger partial charge on any atom is -0.478 e. The minimum absolute atomic E-state index is 0.0277. The molecule has 1 aromatic rings. The van der Waals surface area contributed by atoms with Gasteiger partial charge in [-0.3, -0.25) is 0 Å². The van der Waals surface area contributed by atoms with Crippen molar-refractivity contribution in [2.75, 3.05) is 0 Å². The Morgan fingerprint density at radius 2 is 1.81 bits per heavy atom. The van der Waals surface area contributed by atoms with Crippen molar-refractivity contribution in [1.82, 2.24) is 0 Å². The van der Waals surface area contributed by atoms with E-state index in [0.717, 1.165) is 5.56 Å². The molecule has 0 aliphatic rings. The van der Waals surface area contributed by atoms with Crippen LogP contribution < -0.4 is 5.46 Å². The van der Waals surface area contributed by atoms with Crippen molar-refractivity contribution < 1.29 is 19.9 Å². The van der Waals surface area contributed by atoms with Crippen molar-refractivity contribution in [3.8, 4) is 0 Å². The molecule has 1 rings (SSSR count). The van der Waals surface area contributed by atoms with Crippen molar-refractivity contribution in [3.05, 3.63) is 29.3 Å². The third kappa shape index (κ3) is 2.62. The van der Waals surface area contributed by atoms with Crippen LogP contribution in [0.4, 0.5) is 0 Å². The fourth-order valence-electron chi connectivity index (χ4n) is 1.44. The Balaban J connectivity index is 3.34. The Morgan fingerprint density at radius 3 is 2.19 bits per heavy atom. The smallest absolute Gasteiger partial charge is 0.478 e. The van der Waals surface area contributed by atoms with Gasteiger partial charge in [0.05, 0.1) is 5.56 Å². The van der Waals surface area contributed by atoms with E-state index in [1.807, 2.05) is 20.8 Å². The highest BCUT2D eigenvalue weighted by molar-refractivity contribution is 6.60. The molecule has 0 aliphatic heterocycles. The van der Waals surface area contributed by atoms with Gasteiger partial charge in [0.2, 0.25) is 0 Å². The SMILES string of the molecule is CC(C)(C)c1ccc(C(=O)O)c(B(O)O)c1. The van der Waals surface area contributed by atoms with Gasteiger partial charge in [0, 0.05) is 0 Å². The highest BCUT2D eigenvalue weighted by Crippen LogP contribution is 2.21. The van der Waals surface area contributed by atoms with Crippen molar-refractivity contribution in [1.29, 1.82) is 0 Å². The van der Waals surface area contributed by atoms with Crippen LogP contribution in [0.15, 0.2) is 18.2 Å². The Kier molecular flexibility index (Phi) is 3.40. The predicted octanol–water partition coefficient (Wildman–Crippen LogP) is 0.362. The van der Waals surface area contributed by atoms with E-state index in [2.05, 4.69) is 0 Å². The van der Waals surface area contributed by atoms with Gasteiger partial charge in [0.25, 0.3) is 0 Å². The summed E-state index contributed by atoms with van der Waals surface area (Å²) < 4.78 is 0. The zero-order valence-corrected chi connectivity index (χ0v) is 9.56. The molecule has 0 heterocycles. The van der Waals surface area contributed by atoms with Crippen molar-refractivity contribution in [2.24, 2.45) is 0 Å². The van der Waals surface area contributed by atoms with E-state index in [1.165, 1.54) is 12.1 Å². The second-order valence-corrected chi connectivity index (χ2v) is 4.73. The van der Waals surface area contributed by atoms with Crippen LogP contribution >= 0.6 is 0 Å². The van der Waals surface area contributed by atoms with E-state index in [-0.39, 0.29) is 16.4 Å². The third-order valence-corrected chi connectivity index (χ3v) is 2.43. The number of carbonyl (C=O) groups is 1. The Labute approximate surface area is 94.7 Å². The average Bonchev–Trinajstić information content (AvgIpc) is 2.15. The molecule has 0 amide bonds. The van der Waals surface area contributed by atoms with Gasteiger partial charge in [0.1, 0.15) is 0 Å². The molecule has 0 saturated carbocycles. The summed E-state index contributed by atoms with van der Waals surface area (Å²) in [7, 11) is -1.77. The van der Waals surface area contributed by atoms with Gasteiger partial charge in [0.15, 0.2) is 0 Å². The van der Waals surface area contributed by atoms with Crippen LogP contribution in [0, 0.1) is 0 Å². The first-order chi connectivity index (χ1) is 7.23. The summed E-state index contributed by atoms with van der Waals surface area (Å²) in [6, 6.07) is 4.61. The molecule has 5 heteroatoms. The fraction of sp³-hybridized carbons (Fsp3) is 0.364. The maximum absolute atomic E-state index is 10.9. The van der Waals surface area contributed by atoms with E-state index < -0.39 is 13.1 Å². The van der Waals surface area contributed by atoms with E-state index in [0.29, 0.717) is 0 Å². The lowest BCUT2D eigenvalue weighted by molar-refractivity contribution is 0.0697. The van der Waals surface area contributed by atoms with Gasteiger partial charge in [-0.15, -0.1) is 0 Å². The quantitative estimate of drug-likeness (QED) is 0.631. The zero-order chi connectivity index (χ0) is 12.5. The largest absolute Gasteiger partial charge is 0.489 e. The van der Waals surface area contributed by atoms with Gasteiger partial charge >= 0.3 is 13.1 Å². The molecular formula is C11H15BO4. The topological polar surface area (TPSA) is 77.8 Å². The lowest BCUT2D eigenvalue weighted by Crippen LogP contribution is -2.35. The second-order valence-electron chi connectivity index (χ2n) is 4.73. The van der Waals surface area contributed by atoms with Crippen LogP contribution in [0.5, 0.6) is 0 Å². The standard InChI is InChI=1S/C11H15BO4/c1-11(2,3)7-4-5-8(10(13)14)9(6-7)12(15)16/h4-6,15-16H,1-3H3,(H,13,14). The van der Waals surface area contributed by atoms with Crippen LogP contribution in [0.3, 0.4) is 0 Å². The Morgan fingerprint density at radius 1 is 1.25 bits per heavy atom. The first kappa shape index (κ1) is 12.7. The molecule has 0 bridgehead atoms. The second kappa shape index (κ2) is 4.27. The van der Waals surface area contributed by atoms with Crippen molar-refractivity contribution >= 4 is 18.6 Å². The Hall–Kier alpha value is -1.33. The number of carboxylic acid groups (broad SMARTS) is 1. The normalized spacial score (nSPS) is 11.3. The first-order valence-electron chi connectivity index (χ1n) is 4.97. The van der Waals surface area contributed by atoms with Gasteiger partial charge < -0.3 is 15.2 Å². The summed E-state index contributed by atoms with van der Waals surface area (Å²) >= 11 is 0. The molecule has 1 aromatic carbocycles. The highest BCUT2D eigenvalue weighted by Gasteiger charge is 2.23. The summed E-state index contributed by atoms with van der Waals surface area (Å²) in [5.74, 6) is -1.16. The highest BCUT2D eigenvalue weighted by atomic mass is 16.4.